The summed E-state index contributed by atoms with van der Waals surface area (Å²) in [5.74, 6) is 0.957. The van der Waals surface area contributed by atoms with Crippen molar-refractivity contribution in [2.75, 3.05) is 27.7 Å². The number of ether oxygens (including phenoxy) is 1. The molecule has 29 heavy (non-hydrogen) atoms. The van der Waals surface area contributed by atoms with Crippen LogP contribution in [0.1, 0.15) is 21.5 Å². The third-order valence-corrected chi connectivity index (χ3v) is 4.03. The van der Waals surface area contributed by atoms with Crippen LogP contribution in [0.5, 0.6) is 5.75 Å². The lowest BCUT2D eigenvalue weighted by molar-refractivity contribution is 0.0817. The molecule has 2 rings (SSSR count). The van der Waals surface area contributed by atoms with Gasteiger partial charge in [-0.05, 0) is 35.4 Å². The van der Waals surface area contributed by atoms with E-state index < -0.39 is 13.0 Å². The Labute approximate surface area is 169 Å². The van der Waals surface area contributed by atoms with Gasteiger partial charge in [-0.2, -0.15) is 0 Å². The van der Waals surface area contributed by atoms with E-state index in [1.165, 1.54) is 4.90 Å². The average Bonchev–Trinajstić information content (AvgIpc) is 2.72. The Bertz CT molecular complexity index is 824. The number of hydrogen-bond donors (Lipinski definition) is 2. The maximum atomic E-state index is 12.3. The van der Waals surface area contributed by atoms with Gasteiger partial charge in [0.15, 0.2) is 5.96 Å². The predicted molar refractivity (Wildman–Crippen MR) is 109 cm³/mol. The van der Waals surface area contributed by atoms with E-state index in [4.69, 9.17) is 4.74 Å². The molecule has 0 aromatic heterocycles. The van der Waals surface area contributed by atoms with E-state index in [0.29, 0.717) is 30.4 Å². The molecule has 0 radical (unpaired) electrons. The zero-order valence-electron chi connectivity index (χ0n) is 16.8. The second kappa shape index (κ2) is 11.0. The smallest absolute Gasteiger partial charge is 0.272 e. The van der Waals surface area contributed by atoms with Crippen molar-refractivity contribution >= 4 is 11.9 Å². The molecule has 0 spiro atoms. The van der Waals surface area contributed by atoms with Crippen molar-refractivity contribution < 1.29 is 18.3 Å². The molecule has 0 saturated carbocycles. The van der Waals surface area contributed by atoms with Crippen molar-refractivity contribution in [3.8, 4) is 5.75 Å². The molecular weight excluding hydrogens is 378 g/mol. The van der Waals surface area contributed by atoms with Crippen molar-refractivity contribution in [2.45, 2.75) is 19.5 Å². The highest BCUT2D eigenvalue weighted by atomic mass is 19.3. The lowest BCUT2D eigenvalue weighted by Crippen LogP contribution is -2.36. The fourth-order valence-corrected chi connectivity index (χ4v) is 2.52. The summed E-state index contributed by atoms with van der Waals surface area (Å²) in [7, 11) is 5.10. The van der Waals surface area contributed by atoms with Crippen LogP contribution in [0.25, 0.3) is 0 Å². The van der Waals surface area contributed by atoms with Gasteiger partial charge in [-0.15, -0.1) is 0 Å². The third-order valence-electron chi connectivity index (χ3n) is 4.03. The van der Waals surface area contributed by atoms with Gasteiger partial charge in [0.25, 0.3) is 12.3 Å². The van der Waals surface area contributed by atoms with E-state index in [0.717, 1.165) is 11.1 Å². The van der Waals surface area contributed by atoms with Gasteiger partial charge in [-0.1, -0.05) is 24.3 Å². The Hall–Kier alpha value is -3.16. The van der Waals surface area contributed by atoms with Crippen LogP contribution in [0, 0.1) is 0 Å². The van der Waals surface area contributed by atoms with E-state index in [2.05, 4.69) is 15.6 Å². The fourth-order valence-electron chi connectivity index (χ4n) is 2.52. The van der Waals surface area contributed by atoms with E-state index in [1.807, 2.05) is 18.2 Å². The maximum Gasteiger partial charge on any atom is 0.272 e. The third kappa shape index (κ3) is 7.40. The molecule has 0 bridgehead atoms. The highest BCUT2D eigenvalue weighted by Gasteiger charge is 2.08. The van der Waals surface area contributed by atoms with Crippen molar-refractivity contribution in [3.63, 3.8) is 0 Å². The second-order valence-corrected chi connectivity index (χ2v) is 6.53. The first-order valence-corrected chi connectivity index (χ1v) is 9.14. The molecule has 2 aromatic rings. The largest absolute Gasteiger partial charge is 0.488 e. The van der Waals surface area contributed by atoms with Crippen molar-refractivity contribution in [1.29, 1.82) is 0 Å². The summed E-state index contributed by atoms with van der Waals surface area (Å²) in [6, 6.07) is 14.3. The molecule has 6 nitrogen and oxygen atoms in total. The van der Waals surface area contributed by atoms with Gasteiger partial charge >= 0.3 is 0 Å². The molecule has 2 aromatic carbocycles. The number of alkyl halides is 2. The van der Waals surface area contributed by atoms with E-state index in [9.17, 15) is 13.6 Å². The Balaban J connectivity index is 1.85. The second-order valence-electron chi connectivity index (χ2n) is 6.53. The number of amides is 1. The van der Waals surface area contributed by atoms with Crippen LogP contribution in [0.15, 0.2) is 53.5 Å². The van der Waals surface area contributed by atoms with Crippen LogP contribution in [0.3, 0.4) is 0 Å². The summed E-state index contributed by atoms with van der Waals surface area (Å²) in [5, 5.41) is 6.36. The quantitative estimate of drug-likeness (QED) is 0.525. The maximum absolute atomic E-state index is 12.3. The first-order chi connectivity index (χ1) is 13.9. The van der Waals surface area contributed by atoms with Gasteiger partial charge in [0, 0.05) is 39.8 Å². The van der Waals surface area contributed by atoms with Gasteiger partial charge < -0.3 is 20.3 Å². The number of nitrogens with one attached hydrogen (secondary N) is 2. The lowest BCUT2D eigenvalue weighted by Gasteiger charge is -2.14. The number of carbonyl (C=O) groups excluding carboxylic acids is 1. The lowest BCUT2D eigenvalue weighted by atomic mass is 10.1. The van der Waals surface area contributed by atoms with E-state index in [-0.39, 0.29) is 5.91 Å². The summed E-state index contributed by atoms with van der Waals surface area (Å²) >= 11 is 0. The molecule has 0 saturated heterocycles. The van der Waals surface area contributed by atoms with Crippen LogP contribution in [-0.2, 0) is 13.1 Å². The molecule has 0 aliphatic heterocycles. The number of hydrogen-bond acceptors (Lipinski definition) is 3. The van der Waals surface area contributed by atoms with Gasteiger partial charge in [0.2, 0.25) is 0 Å². The number of guanidine groups is 1. The summed E-state index contributed by atoms with van der Waals surface area (Å²) < 4.78 is 29.6. The summed E-state index contributed by atoms with van der Waals surface area (Å²) in [4.78, 5) is 17.6. The number of aliphatic imine (C=N–C) groups is 1. The molecular formula is C21H26F2N4O2. The molecule has 156 valence electrons. The Morgan fingerprint density at radius 1 is 1.07 bits per heavy atom. The first-order valence-electron chi connectivity index (χ1n) is 9.14. The number of benzene rings is 2. The summed E-state index contributed by atoms with van der Waals surface area (Å²) in [6.07, 6.45) is -2.50. The SMILES string of the molecule is CN=C(NCc1ccc(C(=O)N(C)C)cc1)NCc1cccc(OCC(F)F)c1. The van der Waals surface area contributed by atoms with Gasteiger partial charge in [0.1, 0.15) is 12.4 Å². The first kappa shape index (κ1) is 22.1. The normalized spacial score (nSPS) is 11.3. The van der Waals surface area contributed by atoms with Gasteiger partial charge in [0.05, 0.1) is 0 Å². The molecule has 0 aliphatic rings. The molecule has 8 heteroatoms. The zero-order chi connectivity index (χ0) is 21.2. The number of halogens is 2. The monoisotopic (exact) mass is 404 g/mol. The Morgan fingerprint density at radius 3 is 2.31 bits per heavy atom. The molecule has 0 fully saturated rings. The highest BCUT2D eigenvalue weighted by molar-refractivity contribution is 5.93. The summed E-state index contributed by atoms with van der Waals surface area (Å²) in [5.41, 5.74) is 2.52. The number of carbonyl (C=O) groups is 1. The van der Waals surface area contributed by atoms with Crippen molar-refractivity contribution in [2.24, 2.45) is 4.99 Å². The number of rotatable bonds is 8. The van der Waals surface area contributed by atoms with Gasteiger partial charge in [-0.25, -0.2) is 8.78 Å². The minimum atomic E-state index is -2.50. The van der Waals surface area contributed by atoms with Gasteiger partial charge in [-0.3, -0.25) is 9.79 Å². The summed E-state index contributed by atoms with van der Waals surface area (Å²) in [6.45, 7) is 0.370. The van der Waals surface area contributed by atoms with Crippen LogP contribution < -0.4 is 15.4 Å². The van der Waals surface area contributed by atoms with E-state index in [1.54, 1.807) is 51.5 Å². The predicted octanol–water partition coefficient (Wildman–Crippen LogP) is 2.90. The Kier molecular flexibility index (Phi) is 8.39. The minimum absolute atomic E-state index is 0.0401. The minimum Gasteiger partial charge on any atom is -0.488 e. The van der Waals surface area contributed by atoms with Crippen LogP contribution in [0.4, 0.5) is 8.78 Å². The molecule has 2 N–H and O–H groups in total. The average molecular weight is 404 g/mol. The zero-order valence-corrected chi connectivity index (χ0v) is 16.8. The highest BCUT2D eigenvalue weighted by Crippen LogP contribution is 2.14. The van der Waals surface area contributed by atoms with Crippen molar-refractivity contribution in [3.05, 3.63) is 65.2 Å². The number of nitrogens with zero attached hydrogens (tertiary/aromatic N) is 2. The van der Waals surface area contributed by atoms with Crippen LogP contribution >= 0.6 is 0 Å². The molecule has 1 amide bonds. The van der Waals surface area contributed by atoms with Crippen molar-refractivity contribution in [1.82, 2.24) is 15.5 Å². The molecule has 0 aliphatic carbocycles. The van der Waals surface area contributed by atoms with E-state index >= 15 is 0 Å². The molecule has 0 unspecified atom stereocenters. The topological polar surface area (TPSA) is 66.0 Å². The fraction of sp³-hybridized carbons (Fsp3) is 0.333. The standard InChI is InChI=1S/C21H26F2N4O2/c1-24-21(25-12-15-7-9-17(10-8-15)20(28)27(2)3)26-13-16-5-4-6-18(11-16)29-14-19(22)23/h4-11,19H,12-14H2,1-3H3,(H2,24,25,26). The molecule has 0 heterocycles. The Morgan fingerprint density at radius 2 is 1.72 bits per heavy atom. The molecule has 0 atom stereocenters. The van der Waals surface area contributed by atoms with Crippen LogP contribution in [-0.4, -0.2) is 50.9 Å². The van der Waals surface area contributed by atoms with Crippen LogP contribution in [0.2, 0.25) is 0 Å².